The summed E-state index contributed by atoms with van der Waals surface area (Å²) in [5.74, 6) is -0.102. The Morgan fingerprint density at radius 3 is 2.07 bits per heavy atom. The van der Waals surface area contributed by atoms with Crippen LogP contribution in [0.4, 0.5) is 0 Å². The van der Waals surface area contributed by atoms with Gasteiger partial charge in [0.15, 0.2) is 0 Å². The summed E-state index contributed by atoms with van der Waals surface area (Å²) in [5, 5.41) is 2.06. The van der Waals surface area contributed by atoms with Gasteiger partial charge in [-0.05, 0) is 29.0 Å². The molecule has 4 rings (SSSR count). The number of sulfonamides is 1. The van der Waals surface area contributed by atoms with E-state index in [9.17, 15) is 13.2 Å². The minimum Gasteiger partial charge on any atom is -0.336 e. The van der Waals surface area contributed by atoms with E-state index in [-0.39, 0.29) is 33.9 Å². The highest BCUT2D eigenvalue weighted by Crippen LogP contribution is 2.32. The molecule has 1 saturated heterocycles. The maximum absolute atomic E-state index is 13.1. The van der Waals surface area contributed by atoms with Crippen molar-refractivity contribution in [3.8, 4) is 0 Å². The zero-order valence-corrected chi connectivity index (χ0v) is 17.7. The summed E-state index contributed by atoms with van der Waals surface area (Å²) in [4.78, 5) is 14.7. The van der Waals surface area contributed by atoms with E-state index in [2.05, 4.69) is 0 Å². The van der Waals surface area contributed by atoms with Crippen LogP contribution in [-0.4, -0.2) is 49.7 Å². The maximum atomic E-state index is 13.1. The van der Waals surface area contributed by atoms with Crippen molar-refractivity contribution in [2.75, 3.05) is 26.2 Å². The van der Waals surface area contributed by atoms with Crippen LogP contribution in [0.3, 0.4) is 0 Å². The van der Waals surface area contributed by atoms with E-state index in [1.54, 1.807) is 17.0 Å². The lowest BCUT2D eigenvalue weighted by Crippen LogP contribution is -2.50. The number of benzene rings is 3. The molecule has 150 valence electrons. The summed E-state index contributed by atoms with van der Waals surface area (Å²) in [5.41, 5.74) is 0.619. The Bertz CT molecular complexity index is 1160. The summed E-state index contributed by atoms with van der Waals surface area (Å²) in [6.07, 6.45) is 0. The van der Waals surface area contributed by atoms with Crippen molar-refractivity contribution in [2.24, 2.45) is 0 Å². The fourth-order valence-corrected chi connectivity index (χ4v) is 6.09. The van der Waals surface area contributed by atoms with Crippen LogP contribution in [0.25, 0.3) is 10.8 Å². The van der Waals surface area contributed by atoms with Gasteiger partial charge in [0.2, 0.25) is 10.0 Å². The van der Waals surface area contributed by atoms with Crippen LogP contribution in [0.5, 0.6) is 0 Å². The molecule has 0 unspecified atom stereocenters. The third-order valence-electron chi connectivity index (χ3n) is 5.06. The van der Waals surface area contributed by atoms with E-state index in [0.29, 0.717) is 18.7 Å². The lowest BCUT2D eigenvalue weighted by molar-refractivity contribution is 0.0700. The number of nitrogens with zero attached hydrogens (tertiary/aromatic N) is 2. The van der Waals surface area contributed by atoms with E-state index < -0.39 is 10.0 Å². The average Bonchev–Trinajstić information content (AvgIpc) is 2.72. The summed E-state index contributed by atoms with van der Waals surface area (Å²) >= 11 is 12.2. The number of fused-ring (bicyclic) bond motifs is 1. The molecule has 1 fully saturated rings. The molecule has 0 spiro atoms. The van der Waals surface area contributed by atoms with Gasteiger partial charge in [-0.1, -0.05) is 65.7 Å². The van der Waals surface area contributed by atoms with Gasteiger partial charge < -0.3 is 4.90 Å². The summed E-state index contributed by atoms with van der Waals surface area (Å²) in [6, 6.07) is 17.9. The molecule has 1 amide bonds. The number of carbonyl (C=O) groups is 1. The first kappa shape index (κ1) is 20.2. The van der Waals surface area contributed by atoms with Crippen LogP contribution in [0.1, 0.15) is 10.4 Å². The first-order valence-electron chi connectivity index (χ1n) is 9.11. The van der Waals surface area contributed by atoms with Gasteiger partial charge in [-0.2, -0.15) is 4.31 Å². The summed E-state index contributed by atoms with van der Waals surface area (Å²) in [7, 11) is -3.84. The molecule has 0 atom stereocenters. The number of piperazine rings is 1. The Kier molecular flexibility index (Phi) is 5.53. The van der Waals surface area contributed by atoms with Gasteiger partial charge in [0.1, 0.15) is 4.90 Å². The Morgan fingerprint density at radius 1 is 0.793 bits per heavy atom. The predicted octanol–water partition coefficient (Wildman–Crippen LogP) is 4.29. The van der Waals surface area contributed by atoms with E-state index in [1.165, 1.54) is 16.4 Å². The van der Waals surface area contributed by atoms with Gasteiger partial charge in [0, 0.05) is 31.7 Å². The fourth-order valence-electron chi connectivity index (χ4n) is 3.57. The highest BCUT2D eigenvalue weighted by molar-refractivity contribution is 7.89. The lowest BCUT2D eigenvalue weighted by Gasteiger charge is -2.34. The molecule has 29 heavy (non-hydrogen) atoms. The third kappa shape index (κ3) is 3.73. The van der Waals surface area contributed by atoms with Crippen LogP contribution in [0, 0.1) is 0 Å². The molecular formula is C21H18Cl2N2O3S. The molecule has 0 N–H and O–H groups in total. The number of hydrogen-bond acceptors (Lipinski definition) is 3. The zero-order valence-electron chi connectivity index (χ0n) is 15.4. The molecule has 1 aliphatic heterocycles. The first-order chi connectivity index (χ1) is 13.9. The van der Waals surface area contributed by atoms with Crippen LogP contribution < -0.4 is 0 Å². The van der Waals surface area contributed by atoms with Crippen LogP contribution in [-0.2, 0) is 10.0 Å². The quantitative estimate of drug-likeness (QED) is 0.600. The standard InChI is InChI=1S/C21H18Cl2N2O3S/c22-18-9-4-10-19(23)20(18)29(27,28)25-13-11-24(12-14-25)21(26)17-8-3-6-15-5-1-2-7-16(15)17/h1-10H,11-14H2. The van der Waals surface area contributed by atoms with E-state index >= 15 is 0 Å². The Balaban J connectivity index is 1.54. The highest BCUT2D eigenvalue weighted by atomic mass is 35.5. The van der Waals surface area contributed by atoms with Gasteiger partial charge >= 0.3 is 0 Å². The summed E-state index contributed by atoms with van der Waals surface area (Å²) in [6.45, 7) is 0.952. The Hall–Kier alpha value is -2.12. The van der Waals surface area contributed by atoms with Crippen molar-refractivity contribution in [3.05, 3.63) is 76.3 Å². The van der Waals surface area contributed by atoms with Crippen molar-refractivity contribution in [2.45, 2.75) is 4.90 Å². The number of halogens is 2. The monoisotopic (exact) mass is 448 g/mol. The highest BCUT2D eigenvalue weighted by Gasteiger charge is 2.33. The van der Waals surface area contributed by atoms with Crippen molar-refractivity contribution < 1.29 is 13.2 Å². The summed E-state index contributed by atoms with van der Waals surface area (Å²) < 4.78 is 27.3. The van der Waals surface area contributed by atoms with E-state index in [4.69, 9.17) is 23.2 Å². The van der Waals surface area contributed by atoms with E-state index in [1.807, 2.05) is 36.4 Å². The second-order valence-electron chi connectivity index (χ2n) is 6.77. The molecule has 0 aromatic heterocycles. The molecule has 1 aliphatic rings. The molecule has 0 saturated carbocycles. The number of rotatable bonds is 3. The first-order valence-corrected chi connectivity index (χ1v) is 11.3. The van der Waals surface area contributed by atoms with Gasteiger partial charge in [0.05, 0.1) is 10.0 Å². The average molecular weight is 449 g/mol. The van der Waals surface area contributed by atoms with Gasteiger partial charge in [-0.15, -0.1) is 0 Å². The molecule has 0 aliphatic carbocycles. The van der Waals surface area contributed by atoms with Crippen LogP contribution in [0.15, 0.2) is 65.6 Å². The maximum Gasteiger partial charge on any atom is 0.254 e. The molecule has 3 aromatic carbocycles. The van der Waals surface area contributed by atoms with Gasteiger partial charge in [-0.3, -0.25) is 4.79 Å². The van der Waals surface area contributed by atoms with Crippen LogP contribution >= 0.6 is 23.2 Å². The fraction of sp³-hybridized carbons (Fsp3) is 0.190. The molecule has 8 heteroatoms. The number of amides is 1. The molecule has 5 nitrogen and oxygen atoms in total. The van der Waals surface area contributed by atoms with Gasteiger partial charge in [-0.25, -0.2) is 8.42 Å². The van der Waals surface area contributed by atoms with Crippen LogP contribution in [0.2, 0.25) is 10.0 Å². The van der Waals surface area contributed by atoms with Gasteiger partial charge in [0.25, 0.3) is 5.91 Å². The zero-order chi connectivity index (χ0) is 20.6. The van der Waals surface area contributed by atoms with Crippen molar-refractivity contribution in [1.29, 1.82) is 0 Å². The third-order valence-corrected chi connectivity index (χ3v) is 7.92. The second kappa shape index (κ2) is 7.95. The Labute approximate surface area is 179 Å². The minimum atomic E-state index is -3.84. The van der Waals surface area contributed by atoms with Crippen molar-refractivity contribution >= 4 is 49.9 Å². The Morgan fingerprint density at radius 2 is 1.38 bits per heavy atom. The second-order valence-corrected chi connectivity index (χ2v) is 9.46. The lowest BCUT2D eigenvalue weighted by atomic mass is 10.0. The van der Waals surface area contributed by atoms with E-state index in [0.717, 1.165) is 10.8 Å². The molecule has 1 heterocycles. The minimum absolute atomic E-state index is 0.0860. The molecular weight excluding hydrogens is 431 g/mol. The normalized spacial score (nSPS) is 15.6. The largest absolute Gasteiger partial charge is 0.336 e. The number of hydrogen-bond donors (Lipinski definition) is 0. The SMILES string of the molecule is O=C(c1cccc2ccccc12)N1CCN(S(=O)(=O)c2c(Cl)cccc2Cl)CC1. The molecule has 0 radical (unpaired) electrons. The predicted molar refractivity (Wildman–Crippen MR) is 115 cm³/mol. The van der Waals surface area contributed by atoms with Crippen molar-refractivity contribution in [1.82, 2.24) is 9.21 Å². The molecule has 0 bridgehead atoms. The van der Waals surface area contributed by atoms with Crippen molar-refractivity contribution in [3.63, 3.8) is 0 Å². The number of carbonyl (C=O) groups excluding carboxylic acids is 1. The molecule has 3 aromatic rings. The smallest absolute Gasteiger partial charge is 0.254 e. The topological polar surface area (TPSA) is 57.7 Å².